The molecule has 0 saturated carbocycles. The highest BCUT2D eigenvalue weighted by Crippen LogP contribution is 2.22. The molecule has 0 bridgehead atoms. The van der Waals surface area contributed by atoms with Crippen LogP contribution < -0.4 is 5.32 Å². The third-order valence-corrected chi connectivity index (χ3v) is 2.25. The average Bonchev–Trinajstić information content (AvgIpc) is 2.50. The van der Waals surface area contributed by atoms with E-state index < -0.39 is 0 Å². The van der Waals surface area contributed by atoms with E-state index in [0.29, 0.717) is 0 Å². The van der Waals surface area contributed by atoms with Gasteiger partial charge in [0.2, 0.25) is 0 Å². The van der Waals surface area contributed by atoms with Crippen LogP contribution in [0.15, 0.2) is 32.9 Å². The summed E-state index contributed by atoms with van der Waals surface area (Å²) in [6.07, 6.45) is 2.16. The topological polar surface area (TPSA) is 25.2 Å². The largest absolute Gasteiger partial charge is 0.452 e. The lowest BCUT2D eigenvalue weighted by Gasteiger charge is -2.11. The summed E-state index contributed by atoms with van der Waals surface area (Å²) in [6.45, 7) is 7.18. The predicted octanol–water partition coefficient (Wildman–Crippen LogP) is 3.66. The summed E-state index contributed by atoms with van der Waals surface area (Å²) >= 11 is 3.30. The molecule has 1 aromatic heterocycles. The lowest BCUT2D eigenvalue weighted by Crippen LogP contribution is -2.18. The van der Waals surface area contributed by atoms with E-state index in [-0.39, 0.29) is 6.04 Å². The molecule has 1 heterocycles. The summed E-state index contributed by atoms with van der Waals surface area (Å²) in [4.78, 5) is 0. The molecule has 1 N–H and O–H groups in total. The number of furan rings is 1. The van der Waals surface area contributed by atoms with Crippen LogP contribution in [0.1, 0.15) is 32.6 Å². The van der Waals surface area contributed by atoms with Crippen molar-refractivity contribution in [2.24, 2.45) is 0 Å². The average molecular weight is 258 g/mol. The highest BCUT2D eigenvalue weighted by molar-refractivity contribution is 9.10. The Kier molecular flexibility index (Phi) is 4.42. The fourth-order valence-electron chi connectivity index (χ4n) is 1.29. The number of rotatable bonds is 4. The Balaban J connectivity index is 2.82. The molecule has 0 aliphatic carbocycles. The molecule has 0 spiro atoms. The van der Waals surface area contributed by atoms with E-state index in [2.05, 4.69) is 48.1 Å². The van der Waals surface area contributed by atoms with Gasteiger partial charge in [-0.05, 0) is 48.5 Å². The Morgan fingerprint density at radius 1 is 1.57 bits per heavy atom. The molecule has 0 aliphatic heterocycles. The van der Waals surface area contributed by atoms with Crippen molar-refractivity contribution in [3.05, 3.63) is 34.2 Å². The van der Waals surface area contributed by atoms with Gasteiger partial charge in [-0.25, -0.2) is 0 Å². The fraction of sp³-hybridized carbons (Fsp3) is 0.455. The van der Waals surface area contributed by atoms with Gasteiger partial charge in [-0.3, -0.25) is 0 Å². The molecular formula is C11H16BrNO. The molecule has 1 unspecified atom stereocenters. The third-order valence-electron chi connectivity index (χ3n) is 1.82. The molecule has 3 heteroatoms. The third kappa shape index (κ3) is 3.31. The Labute approximate surface area is 93.5 Å². The van der Waals surface area contributed by atoms with E-state index in [1.165, 1.54) is 5.57 Å². The van der Waals surface area contributed by atoms with Crippen LogP contribution >= 0.6 is 15.9 Å². The van der Waals surface area contributed by atoms with Gasteiger partial charge >= 0.3 is 0 Å². The lowest BCUT2D eigenvalue weighted by molar-refractivity contribution is 0.442. The monoisotopic (exact) mass is 257 g/mol. The second kappa shape index (κ2) is 5.37. The van der Waals surface area contributed by atoms with Crippen molar-refractivity contribution < 1.29 is 4.42 Å². The Morgan fingerprint density at radius 2 is 2.29 bits per heavy atom. The van der Waals surface area contributed by atoms with E-state index in [0.717, 1.165) is 17.0 Å². The van der Waals surface area contributed by atoms with Gasteiger partial charge in [0.25, 0.3) is 0 Å². The van der Waals surface area contributed by atoms with Gasteiger partial charge in [-0.15, -0.1) is 0 Å². The summed E-state index contributed by atoms with van der Waals surface area (Å²) in [5.74, 6) is 0.944. The summed E-state index contributed by atoms with van der Waals surface area (Å²) in [5, 5.41) is 3.35. The number of hydrogen-bond acceptors (Lipinski definition) is 2. The number of allylic oxidation sites excluding steroid dienone is 1. The van der Waals surface area contributed by atoms with Crippen LogP contribution in [0.5, 0.6) is 0 Å². The van der Waals surface area contributed by atoms with Gasteiger partial charge in [0.05, 0.1) is 6.04 Å². The zero-order chi connectivity index (χ0) is 10.6. The fourth-order valence-corrected chi connectivity index (χ4v) is 1.61. The van der Waals surface area contributed by atoms with Crippen LogP contribution in [-0.2, 0) is 0 Å². The van der Waals surface area contributed by atoms with Crippen molar-refractivity contribution >= 4 is 15.9 Å². The van der Waals surface area contributed by atoms with E-state index in [1.807, 2.05) is 12.1 Å². The minimum Gasteiger partial charge on any atom is -0.452 e. The van der Waals surface area contributed by atoms with E-state index >= 15 is 0 Å². The first-order valence-electron chi connectivity index (χ1n) is 4.77. The SMILES string of the molecule is CCNC(C=C(C)C)c1ccc(Br)o1. The Morgan fingerprint density at radius 3 is 2.71 bits per heavy atom. The number of likely N-dealkylation sites (N-methyl/N-ethyl adjacent to an activating group) is 1. The standard InChI is InChI=1S/C11H16BrNO/c1-4-13-9(7-8(2)3)10-5-6-11(12)14-10/h5-7,9,13H,4H2,1-3H3. The minimum absolute atomic E-state index is 0.177. The summed E-state index contributed by atoms with van der Waals surface area (Å²) < 4.78 is 6.28. The van der Waals surface area contributed by atoms with Crippen LogP contribution in [0, 0.1) is 0 Å². The number of hydrogen-bond donors (Lipinski definition) is 1. The maximum Gasteiger partial charge on any atom is 0.169 e. The number of halogens is 1. The molecule has 0 amide bonds. The second-order valence-corrected chi connectivity index (χ2v) is 4.20. The Hall–Kier alpha value is -0.540. The molecule has 78 valence electrons. The maximum absolute atomic E-state index is 5.51. The summed E-state index contributed by atoms with van der Waals surface area (Å²) in [5.41, 5.74) is 1.28. The van der Waals surface area contributed by atoms with Gasteiger partial charge < -0.3 is 9.73 Å². The van der Waals surface area contributed by atoms with Crippen LogP contribution in [0.25, 0.3) is 0 Å². The molecule has 0 radical (unpaired) electrons. The first-order valence-corrected chi connectivity index (χ1v) is 5.56. The Bertz CT molecular complexity index is 313. The molecular weight excluding hydrogens is 242 g/mol. The van der Waals surface area contributed by atoms with Crippen LogP contribution in [-0.4, -0.2) is 6.54 Å². The number of nitrogens with one attached hydrogen (secondary N) is 1. The van der Waals surface area contributed by atoms with Crippen molar-refractivity contribution in [3.8, 4) is 0 Å². The van der Waals surface area contributed by atoms with Crippen molar-refractivity contribution in [3.63, 3.8) is 0 Å². The molecule has 14 heavy (non-hydrogen) atoms. The van der Waals surface area contributed by atoms with Crippen LogP contribution in [0.4, 0.5) is 0 Å². The van der Waals surface area contributed by atoms with Gasteiger partial charge in [-0.2, -0.15) is 0 Å². The smallest absolute Gasteiger partial charge is 0.169 e. The maximum atomic E-state index is 5.51. The van der Waals surface area contributed by atoms with Gasteiger partial charge in [0.15, 0.2) is 4.67 Å². The molecule has 0 fully saturated rings. The van der Waals surface area contributed by atoms with Crippen molar-refractivity contribution in [2.75, 3.05) is 6.54 Å². The van der Waals surface area contributed by atoms with Gasteiger partial charge in [0.1, 0.15) is 5.76 Å². The summed E-state index contributed by atoms with van der Waals surface area (Å²) in [6, 6.07) is 4.08. The highest BCUT2D eigenvalue weighted by atomic mass is 79.9. The quantitative estimate of drug-likeness (QED) is 0.834. The molecule has 1 rings (SSSR count). The highest BCUT2D eigenvalue weighted by Gasteiger charge is 2.10. The van der Waals surface area contributed by atoms with Crippen molar-refractivity contribution in [1.82, 2.24) is 5.32 Å². The summed E-state index contributed by atoms with van der Waals surface area (Å²) in [7, 11) is 0. The van der Waals surface area contributed by atoms with Crippen LogP contribution in [0.3, 0.4) is 0 Å². The first kappa shape index (κ1) is 11.5. The van der Waals surface area contributed by atoms with E-state index in [4.69, 9.17) is 4.42 Å². The molecule has 1 aromatic rings. The second-order valence-electron chi connectivity index (χ2n) is 3.42. The van der Waals surface area contributed by atoms with Gasteiger partial charge in [0, 0.05) is 0 Å². The first-order chi connectivity index (χ1) is 6.63. The molecule has 0 aromatic carbocycles. The van der Waals surface area contributed by atoms with E-state index in [9.17, 15) is 0 Å². The predicted molar refractivity (Wildman–Crippen MR) is 62.3 cm³/mol. The molecule has 0 saturated heterocycles. The normalized spacial score (nSPS) is 12.6. The van der Waals surface area contributed by atoms with Crippen LogP contribution in [0.2, 0.25) is 0 Å². The zero-order valence-corrected chi connectivity index (χ0v) is 10.4. The van der Waals surface area contributed by atoms with Gasteiger partial charge in [-0.1, -0.05) is 18.6 Å². The minimum atomic E-state index is 0.177. The zero-order valence-electron chi connectivity index (χ0n) is 8.80. The molecule has 0 aliphatic rings. The lowest BCUT2D eigenvalue weighted by atomic mass is 10.1. The van der Waals surface area contributed by atoms with Crippen molar-refractivity contribution in [1.29, 1.82) is 0 Å². The van der Waals surface area contributed by atoms with E-state index in [1.54, 1.807) is 0 Å². The van der Waals surface area contributed by atoms with Crippen molar-refractivity contribution in [2.45, 2.75) is 26.8 Å². The molecule has 2 nitrogen and oxygen atoms in total. The molecule has 1 atom stereocenters.